The topological polar surface area (TPSA) is 56.6 Å². The normalized spacial score (nSPS) is 17.0. The third-order valence-corrected chi connectivity index (χ3v) is 4.94. The van der Waals surface area contributed by atoms with Crippen molar-refractivity contribution < 1.29 is 14.3 Å². The molecule has 0 N–H and O–H groups in total. The van der Waals surface area contributed by atoms with Gasteiger partial charge < -0.3 is 18.9 Å². The lowest BCUT2D eigenvalue weighted by molar-refractivity contribution is -0.132. The summed E-state index contributed by atoms with van der Waals surface area (Å²) in [5.74, 6) is 2.90. The van der Waals surface area contributed by atoms with Gasteiger partial charge in [-0.2, -0.15) is 0 Å². The van der Waals surface area contributed by atoms with E-state index >= 15 is 0 Å². The number of amides is 1. The molecule has 140 valence electrons. The summed E-state index contributed by atoms with van der Waals surface area (Å²) in [6.45, 7) is 5.25. The van der Waals surface area contributed by atoms with E-state index in [1.165, 1.54) is 0 Å². The Morgan fingerprint density at radius 3 is 2.81 bits per heavy atom. The van der Waals surface area contributed by atoms with Gasteiger partial charge in [0.05, 0.1) is 20.3 Å². The zero-order valence-corrected chi connectivity index (χ0v) is 15.9. The van der Waals surface area contributed by atoms with Gasteiger partial charge in [-0.1, -0.05) is 13.8 Å². The van der Waals surface area contributed by atoms with Gasteiger partial charge in [0.15, 0.2) is 0 Å². The first kappa shape index (κ1) is 18.3. The molecule has 1 atom stereocenters. The van der Waals surface area contributed by atoms with Crippen molar-refractivity contribution in [3.63, 3.8) is 0 Å². The molecule has 26 heavy (non-hydrogen) atoms. The molecule has 1 aromatic carbocycles. The van der Waals surface area contributed by atoms with Crippen LogP contribution in [0.5, 0.6) is 11.5 Å². The van der Waals surface area contributed by atoms with Gasteiger partial charge in [-0.05, 0) is 31.0 Å². The third-order valence-electron chi connectivity index (χ3n) is 4.94. The van der Waals surface area contributed by atoms with E-state index in [0.29, 0.717) is 6.54 Å². The minimum Gasteiger partial charge on any atom is -0.497 e. The van der Waals surface area contributed by atoms with E-state index < -0.39 is 0 Å². The summed E-state index contributed by atoms with van der Waals surface area (Å²) in [5, 5.41) is 0. The second-order valence-electron chi connectivity index (χ2n) is 6.92. The van der Waals surface area contributed by atoms with Crippen molar-refractivity contribution in [2.75, 3.05) is 20.8 Å². The number of imidazole rings is 1. The smallest absolute Gasteiger partial charge is 0.243 e. The van der Waals surface area contributed by atoms with Gasteiger partial charge in [-0.25, -0.2) is 4.98 Å². The number of methoxy groups -OCH3 is 2. The van der Waals surface area contributed by atoms with Crippen LogP contribution in [-0.2, 0) is 11.3 Å². The van der Waals surface area contributed by atoms with Gasteiger partial charge in [0.1, 0.15) is 23.9 Å². The molecule has 1 unspecified atom stereocenters. The number of carbonyl (C=O) groups excluding carboxylic acids is 1. The van der Waals surface area contributed by atoms with Crippen molar-refractivity contribution in [3.8, 4) is 11.5 Å². The number of ether oxygens (including phenoxy) is 2. The minimum atomic E-state index is 0.0126. The van der Waals surface area contributed by atoms with Gasteiger partial charge in [-0.15, -0.1) is 0 Å². The Hall–Kier alpha value is -2.50. The fourth-order valence-corrected chi connectivity index (χ4v) is 3.68. The Bertz CT molecular complexity index is 769. The van der Waals surface area contributed by atoms with Gasteiger partial charge in [0.2, 0.25) is 5.91 Å². The van der Waals surface area contributed by atoms with Crippen LogP contribution >= 0.6 is 0 Å². The summed E-state index contributed by atoms with van der Waals surface area (Å²) in [4.78, 5) is 19.4. The van der Waals surface area contributed by atoms with Crippen molar-refractivity contribution in [2.24, 2.45) is 0 Å². The first-order valence-corrected chi connectivity index (χ1v) is 9.07. The Labute approximate surface area is 154 Å². The van der Waals surface area contributed by atoms with Crippen LogP contribution in [0.25, 0.3) is 0 Å². The molecule has 1 amide bonds. The maximum Gasteiger partial charge on any atom is 0.243 e. The zero-order chi connectivity index (χ0) is 18.7. The molecule has 0 saturated carbocycles. The van der Waals surface area contributed by atoms with E-state index in [1.807, 2.05) is 33.9 Å². The minimum absolute atomic E-state index is 0.0126. The largest absolute Gasteiger partial charge is 0.497 e. The monoisotopic (exact) mass is 357 g/mol. The van der Waals surface area contributed by atoms with Crippen LogP contribution in [0, 0.1) is 0 Å². The van der Waals surface area contributed by atoms with Crippen molar-refractivity contribution in [3.05, 3.63) is 42.0 Å². The Balaban J connectivity index is 1.84. The molecule has 2 heterocycles. The predicted molar refractivity (Wildman–Crippen MR) is 99.6 cm³/mol. The van der Waals surface area contributed by atoms with Crippen molar-refractivity contribution in [1.29, 1.82) is 0 Å². The number of aromatic nitrogens is 2. The molecule has 0 spiro atoms. The highest BCUT2D eigenvalue weighted by atomic mass is 16.5. The lowest BCUT2D eigenvalue weighted by Gasteiger charge is -2.27. The summed E-state index contributed by atoms with van der Waals surface area (Å²) in [6.07, 6.45) is 5.55. The van der Waals surface area contributed by atoms with Gasteiger partial charge in [-0.3, -0.25) is 4.79 Å². The van der Waals surface area contributed by atoms with Crippen molar-refractivity contribution >= 4 is 5.91 Å². The fourth-order valence-electron chi connectivity index (χ4n) is 3.68. The fraction of sp³-hybridized carbons (Fsp3) is 0.500. The van der Waals surface area contributed by atoms with Crippen LogP contribution in [-0.4, -0.2) is 41.1 Å². The maximum absolute atomic E-state index is 13.0. The number of hydrogen-bond donors (Lipinski definition) is 0. The SMILES string of the molecule is COc1ccc(OC)c(C2CCCN2C(=O)Cn2ccnc2C(C)C)c1. The second-order valence-corrected chi connectivity index (χ2v) is 6.92. The lowest BCUT2D eigenvalue weighted by Crippen LogP contribution is -2.34. The molecule has 6 heteroatoms. The van der Waals surface area contributed by atoms with Crippen LogP contribution in [0.4, 0.5) is 0 Å². The summed E-state index contributed by atoms with van der Waals surface area (Å²) in [5.41, 5.74) is 1.01. The highest BCUT2D eigenvalue weighted by molar-refractivity contribution is 5.77. The molecule has 1 saturated heterocycles. The first-order valence-electron chi connectivity index (χ1n) is 9.07. The number of hydrogen-bond acceptors (Lipinski definition) is 4. The van der Waals surface area contributed by atoms with Crippen molar-refractivity contribution in [2.45, 2.75) is 45.2 Å². The van der Waals surface area contributed by atoms with Crippen molar-refractivity contribution in [1.82, 2.24) is 14.5 Å². The summed E-state index contributed by atoms with van der Waals surface area (Å²) in [6, 6.07) is 5.77. The van der Waals surface area contributed by atoms with E-state index in [9.17, 15) is 4.79 Å². The molecule has 1 aliphatic rings. The van der Waals surface area contributed by atoms with Crippen LogP contribution < -0.4 is 9.47 Å². The molecule has 1 aromatic heterocycles. The Kier molecular flexibility index (Phi) is 5.49. The summed E-state index contributed by atoms with van der Waals surface area (Å²) in [7, 11) is 3.31. The van der Waals surface area contributed by atoms with E-state index in [1.54, 1.807) is 20.4 Å². The van der Waals surface area contributed by atoms with E-state index in [4.69, 9.17) is 9.47 Å². The standard InChI is InChI=1S/C20H27N3O3/c1-14(2)20-21-9-11-22(20)13-19(24)23-10-5-6-17(23)16-12-15(25-3)7-8-18(16)26-4/h7-9,11-12,14,17H,5-6,10,13H2,1-4H3. The maximum atomic E-state index is 13.0. The highest BCUT2D eigenvalue weighted by Crippen LogP contribution is 2.39. The highest BCUT2D eigenvalue weighted by Gasteiger charge is 2.32. The third kappa shape index (κ3) is 3.54. The van der Waals surface area contributed by atoms with Gasteiger partial charge in [0, 0.05) is 30.4 Å². The van der Waals surface area contributed by atoms with Crippen LogP contribution in [0.15, 0.2) is 30.6 Å². The average molecular weight is 357 g/mol. The quantitative estimate of drug-likeness (QED) is 0.795. The molecule has 0 bridgehead atoms. The summed E-state index contributed by atoms with van der Waals surface area (Å²) < 4.78 is 12.8. The zero-order valence-electron chi connectivity index (χ0n) is 15.9. The Morgan fingerprint density at radius 2 is 2.12 bits per heavy atom. The molecule has 1 aliphatic heterocycles. The van der Waals surface area contributed by atoms with Gasteiger partial charge in [0.25, 0.3) is 0 Å². The van der Waals surface area contributed by atoms with E-state index in [0.717, 1.165) is 42.3 Å². The lowest BCUT2D eigenvalue weighted by atomic mass is 10.0. The molecule has 0 radical (unpaired) electrons. The number of likely N-dealkylation sites (tertiary alicyclic amines) is 1. The van der Waals surface area contributed by atoms with Crippen LogP contribution in [0.2, 0.25) is 0 Å². The predicted octanol–water partition coefficient (Wildman–Crippen LogP) is 3.39. The van der Waals surface area contributed by atoms with E-state index in [-0.39, 0.29) is 17.9 Å². The van der Waals surface area contributed by atoms with Gasteiger partial charge >= 0.3 is 0 Å². The van der Waals surface area contributed by atoms with Crippen LogP contribution in [0.1, 0.15) is 50.0 Å². The molecular weight excluding hydrogens is 330 g/mol. The molecule has 1 fully saturated rings. The summed E-state index contributed by atoms with van der Waals surface area (Å²) >= 11 is 0. The van der Waals surface area contributed by atoms with E-state index in [2.05, 4.69) is 18.8 Å². The number of nitrogens with zero attached hydrogens (tertiary/aromatic N) is 3. The Morgan fingerprint density at radius 1 is 1.31 bits per heavy atom. The van der Waals surface area contributed by atoms with Crippen LogP contribution in [0.3, 0.4) is 0 Å². The molecule has 0 aliphatic carbocycles. The molecule has 2 aromatic rings. The number of benzene rings is 1. The second kappa shape index (κ2) is 7.81. The number of carbonyl (C=O) groups is 1. The molecular formula is C20H27N3O3. The molecule has 3 rings (SSSR count). The molecule has 6 nitrogen and oxygen atoms in total. The first-order chi connectivity index (χ1) is 12.5. The average Bonchev–Trinajstić information content (AvgIpc) is 3.30. The number of rotatable bonds is 6.